The average Bonchev–Trinajstić information content (AvgIpc) is 2.84. The van der Waals surface area contributed by atoms with Crippen LogP contribution < -0.4 is 5.32 Å². The number of carboxylic acids is 1. The molecular weight excluding hydrogens is 292 g/mol. The van der Waals surface area contributed by atoms with Crippen LogP contribution in [0.3, 0.4) is 0 Å². The van der Waals surface area contributed by atoms with E-state index in [2.05, 4.69) is 10.3 Å². The van der Waals surface area contributed by atoms with Crippen LogP contribution >= 0.6 is 11.3 Å². The molecule has 1 aromatic heterocycles. The number of anilines is 1. The summed E-state index contributed by atoms with van der Waals surface area (Å²) < 4.78 is 0. The Balaban J connectivity index is 2.11. The maximum absolute atomic E-state index is 11.7. The SMILES string of the molecule is Cc1nc(/C=C/C(=O)Nc2cccc(C(=O)O)c2O)cs1. The van der Waals surface area contributed by atoms with Gasteiger partial charge in [-0.15, -0.1) is 11.3 Å². The molecule has 0 aliphatic rings. The Kier molecular flexibility index (Phi) is 4.34. The Hall–Kier alpha value is -2.67. The van der Waals surface area contributed by atoms with Gasteiger partial charge >= 0.3 is 5.97 Å². The molecule has 0 saturated heterocycles. The Morgan fingerprint density at radius 2 is 2.14 bits per heavy atom. The number of thiazole rings is 1. The molecule has 0 fully saturated rings. The van der Waals surface area contributed by atoms with Crippen LogP contribution in [-0.2, 0) is 4.79 Å². The minimum atomic E-state index is -1.27. The smallest absolute Gasteiger partial charge is 0.339 e. The van der Waals surface area contributed by atoms with Crippen molar-refractivity contribution in [1.82, 2.24) is 4.98 Å². The zero-order valence-corrected chi connectivity index (χ0v) is 11.8. The number of carbonyl (C=O) groups excluding carboxylic acids is 1. The van der Waals surface area contributed by atoms with E-state index in [4.69, 9.17) is 5.11 Å². The first-order chi connectivity index (χ1) is 9.97. The van der Waals surface area contributed by atoms with Crippen molar-refractivity contribution in [2.75, 3.05) is 5.32 Å². The van der Waals surface area contributed by atoms with E-state index in [9.17, 15) is 14.7 Å². The number of phenols is 1. The summed E-state index contributed by atoms with van der Waals surface area (Å²) in [5.41, 5.74) is 0.432. The lowest BCUT2D eigenvalue weighted by Crippen LogP contribution is -2.09. The van der Waals surface area contributed by atoms with Gasteiger partial charge in [0.1, 0.15) is 5.56 Å². The van der Waals surface area contributed by atoms with Crippen molar-refractivity contribution >= 4 is 35.0 Å². The van der Waals surface area contributed by atoms with Crippen molar-refractivity contribution in [2.24, 2.45) is 0 Å². The van der Waals surface area contributed by atoms with Crippen LogP contribution in [0.1, 0.15) is 21.1 Å². The van der Waals surface area contributed by atoms with E-state index in [0.717, 1.165) is 5.01 Å². The summed E-state index contributed by atoms with van der Waals surface area (Å²) in [6.07, 6.45) is 2.80. The lowest BCUT2D eigenvalue weighted by molar-refractivity contribution is -0.111. The Morgan fingerprint density at radius 3 is 2.76 bits per heavy atom. The van der Waals surface area contributed by atoms with Crippen LogP contribution in [-0.4, -0.2) is 27.1 Å². The monoisotopic (exact) mass is 304 g/mol. The molecule has 3 N–H and O–H groups in total. The van der Waals surface area contributed by atoms with Crippen LogP contribution in [0.4, 0.5) is 5.69 Å². The van der Waals surface area contributed by atoms with E-state index in [-0.39, 0.29) is 11.3 Å². The van der Waals surface area contributed by atoms with Crippen LogP contribution in [0.5, 0.6) is 5.75 Å². The molecule has 0 bridgehead atoms. The fourth-order valence-electron chi connectivity index (χ4n) is 1.61. The number of hydrogen-bond donors (Lipinski definition) is 3. The maximum atomic E-state index is 11.7. The highest BCUT2D eigenvalue weighted by molar-refractivity contribution is 7.09. The molecule has 0 aliphatic carbocycles. The normalized spacial score (nSPS) is 10.7. The first kappa shape index (κ1) is 14.7. The van der Waals surface area contributed by atoms with Crippen molar-refractivity contribution in [2.45, 2.75) is 6.92 Å². The highest BCUT2D eigenvalue weighted by Gasteiger charge is 2.13. The number of rotatable bonds is 4. The van der Waals surface area contributed by atoms with E-state index in [1.54, 1.807) is 0 Å². The predicted octanol–water partition coefficient (Wildman–Crippen LogP) is 2.51. The molecule has 1 amide bonds. The molecule has 108 valence electrons. The quantitative estimate of drug-likeness (QED) is 0.595. The zero-order chi connectivity index (χ0) is 15.4. The summed E-state index contributed by atoms with van der Waals surface area (Å²) in [4.78, 5) is 26.8. The number of nitrogens with one attached hydrogen (secondary N) is 1. The van der Waals surface area contributed by atoms with Crippen molar-refractivity contribution in [3.8, 4) is 5.75 Å². The van der Waals surface area contributed by atoms with E-state index in [1.807, 2.05) is 12.3 Å². The summed E-state index contributed by atoms with van der Waals surface area (Å²) in [5.74, 6) is -2.23. The number of benzene rings is 1. The molecule has 1 heterocycles. The molecule has 1 aromatic carbocycles. The molecule has 0 radical (unpaired) electrons. The number of aromatic hydroxyl groups is 1. The van der Waals surface area contributed by atoms with Gasteiger partial charge < -0.3 is 15.5 Å². The number of amides is 1. The van der Waals surface area contributed by atoms with Gasteiger partial charge in [-0.25, -0.2) is 9.78 Å². The zero-order valence-electron chi connectivity index (χ0n) is 11.0. The summed E-state index contributed by atoms with van der Waals surface area (Å²) in [7, 11) is 0. The second kappa shape index (κ2) is 6.19. The fourth-order valence-corrected chi connectivity index (χ4v) is 2.19. The number of carboxylic acid groups (broad SMARTS) is 1. The van der Waals surface area contributed by atoms with Gasteiger partial charge in [0, 0.05) is 11.5 Å². The minimum Gasteiger partial charge on any atom is -0.505 e. The Labute approximate surface area is 124 Å². The van der Waals surface area contributed by atoms with E-state index in [0.29, 0.717) is 5.69 Å². The first-order valence-electron chi connectivity index (χ1n) is 5.94. The number of hydrogen-bond acceptors (Lipinski definition) is 5. The number of aryl methyl sites for hydroxylation is 1. The van der Waals surface area contributed by atoms with Gasteiger partial charge in [-0.05, 0) is 25.1 Å². The molecule has 21 heavy (non-hydrogen) atoms. The minimum absolute atomic E-state index is 0.0407. The van der Waals surface area contributed by atoms with Gasteiger partial charge in [0.25, 0.3) is 0 Å². The van der Waals surface area contributed by atoms with Crippen molar-refractivity contribution in [3.05, 3.63) is 45.9 Å². The van der Waals surface area contributed by atoms with Gasteiger partial charge in [0.05, 0.1) is 16.4 Å². The highest BCUT2D eigenvalue weighted by Crippen LogP contribution is 2.27. The lowest BCUT2D eigenvalue weighted by atomic mass is 10.1. The molecule has 2 rings (SSSR count). The molecule has 2 aromatic rings. The third kappa shape index (κ3) is 3.67. The van der Waals surface area contributed by atoms with Crippen LogP contribution in [0.2, 0.25) is 0 Å². The second-order valence-electron chi connectivity index (χ2n) is 4.12. The predicted molar refractivity (Wildman–Crippen MR) is 79.6 cm³/mol. The summed E-state index contributed by atoms with van der Waals surface area (Å²) in [6, 6.07) is 4.11. The molecular formula is C14H12N2O4S. The van der Waals surface area contributed by atoms with Gasteiger partial charge in [-0.2, -0.15) is 0 Å². The van der Waals surface area contributed by atoms with E-state index in [1.165, 1.54) is 41.7 Å². The number of para-hydroxylation sites is 1. The van der Waals surface area contributed by atoms with Crippen molar-refractivity contribution < 1.29 is 19.8 Å². The number of carbonyl (C=O) groups is 2. The Morgan fingerprint density at radius 1 is 1.38 bits per heavy atom. The third-order valence-corrected chi connectivity index (χ3v) is 3.36. The molecule has 6 nitrogen and oxygen atoms in total. The van der Waals surface area contributed by atoms with Crippen molar-refractivity contribution in [1.29, 1.82) is 0 Å². The molecule has 0 unspecified atom stereocenters. The topological polar surface area (TPSA) is 99.5 Å². The van der Waals surface area contributed by atoms with Gasteiger partial charge in [0.2, 0.25) is 5.91 Å². The Bertz CT molecular complexity index is 722. The summed E-state index contributed by atoms with van der Waals surface area (Å²) >= 11 is 1.47. The van der Waals surface area contributed by atoms with E-state index < -0.39 is 17.6 Å². The van der Waals surface area contributed by atoms with Crippen LogP contribution in [0.25, 0.3) is 6.08 Å². The largest absolute Gasteiger partial charge is 0.505 e. The second-order valence-corrected chi connectivity index (χ2v) is 5.18. The summed E-state index contributed by atoms with van der Waals surface area (Å²) in [5, 5.41) is 23.8. The number of nitrogens with zero attached hydrogens (tertiary/aromatic N) is 1. The summed E-state index contributed by atoms with van der Waals surface area (Å²) in [6.45, 7) is 1.86. The number of aromatic nitrogens is 1. The van der Waals surface area contributed by atoms with Crippen molar-refractivity contribution in [3.63, 3.8) is 0 Å². The van der Waals surface area contributed by atoms with Gasteiger partial charge in [-0.3, -0.25) is 4.79 Å². The van der Waals surface area contributed by atoms with Gasteiger partial charge in [-0.1, -0.05) is 6.07 Å². The molecule has 0 spiro atoms. The number of aromatic carboxylic acids is 1. The fraction of sp³-hybridized carbons (Fsp3) is 0.0714. The first-order valence-corrected chi connectivity index (χ1v) is 6.82. The molecule has 0 saturated carbocycles. The van der Waals surface area contributed by atoms with E-state index >= 15 is 0 Å². The molecule has 0 atom stereocenters. The third-order valence-electron chi connectivity index (χ3n) is 2.57. The molecule has 7 heteroatoms. The van der Waals surface area contributed by atoms with Crippen LogP contribution in [0.15, 0.2) is 29.7 Å². The molecule has 0 aliphatic heterocycles. The standard InChI is InChI=1S/C14H12N2O4S/c1-8-15-9(7-21-8)5-6-12(17)16-11-4-2-3-10(13(11)18)14(19)20/h2-7,18H,1H3,(H,16,17)(H,19,20)/b6-5+. The average molecular weight is 304 g/mol. The lowest BCUT2D eigenvalue weighted by Gasteiger charge is -2.07. The highest BCUT2D eigenvalue weighted by atomic mass is 32.1. The van der Waals surface area contributed by atoms with Crippen LogP contribution in [0, 0.1) is 6.92 Å². The van der Waals surface area contributed by atoms with Gasteiger partial charge in [0.15, 0.2) is 5.75 Å². The maximum Gasteiger partial charge on any atom is 0.339 e.